The Morgan fingerprint density at radius 1 is 1.18 bits per heavy atom. The fourth-order valence-corrected chi connectivity index (χ4v) is 1.92. The van der Waals surface area contributed by atoms with E-state index in [-0.39, 0.29) is 11.4 Å². The average Bonchev–Trinajstić information content (AvgIpc) is 2.36. The molecule has 2 rings (SSSR count). The van der Waals surface area contributed by atoms with Crippen molar-refractivity contribution in [1.82, 2.24) is 0 Å². The van der Waals surface area contributed by atoms with E-state index in [1.807, 2.05) is 26.8 Å². The molecule has 0 aromatic heterocycles. The molecule has 0 nitrogen and oxygen atoms in total. The van der Waals surface area contributed by atoms with Crippen molar-refractivity contribution in [2.24, 2.45) is 0 Å². The van der Waals surface area contributed by atoms with Gasteiger partial charge in [-0.25, -0.2) is 4.39 Å². The third kappa shape index (κ3) is 2.43. The Hall–Kier alpha value is -1.52. The second-order valence-corrected chi connectivity index (χ2v) is 3.76. The molecule has 0 N–H and O–H groups in total. The summed E-state index contributed by atoms with van der Waals surface area (Å²) >= 11 is 6.02. The van der Waals surface area contributed by atoms with E-state index in [0.29, 0.717) is 5.02 Å². The van der Waals surface area contributed by atoms with Crippen molar-refractivity contribution in [3.05, 3.63) is 46.2 Å². The number of aryl methyl sites for hydroxylation is 1. The maximum atomic E-state index is 13.4. The first-order chi connectivity index (χ1) is 8.15. The highest BCUT2D eigenvalue weighted by molar-refractivity contribution is 6.35. The third-order valence-corrected chi connectivity index (χ3v) is 2.76. The van der Waals surface area contributed by atoms with E-state index in [1.165, 1.54) is 6.07 Å². The second-order valence-electron chi connectivity index (χ2n) is 3.35. The minimum atomic E-state index is -0.379. The van der Waals surface area contributed by atoms with E-state index >= 15 is 0 Å². The Bertz CT molecular complexity index is 579. The van der Waals surface area contributed by atoms with Crippen LogP contribution in [0.2, 0.25) is 5.02 Å². The molecule has 0 bridgehead atoms. The van der Waals surface area contributed by atoms with Gasteiger partial charge in [0.1, 0.15) is 5.82 Å². The van der Waals surface area contributed by atoms with Gasteiger partial charge in [-0.2, -0.15) is 0 Å². The molecular weight excluding hydrogens is 235 g/mol. The number of hydrogen-bond donors (Lipinski definition) is 0. The normalized spacial score (nSPS) is 9.41. The molecule has 2 aromatic carbocycles. The molecule has 0 aliphatic carbocycles. The molecule has 2 aromatic rings. The molecular formula is C15H14ClF. The standard InChI is InChI=1S/C13H8ClF.C2H6/c1-3-9-12(15)7-5-10-11(14)6-4-8(2)13(9)10;1-2/h1,4-7H,2H3;1-2H3. The molecule has 17 heavy (non-hydrogen) atoms. The molecule has 0 amide bonds. The number of hydrogen-bond acceptors (Lipinski definition) is 0. The Kier molecular flexibility index (Phi) is 4.54. The van der Waals surface area contributed by atoms with Gasteiger partial charge in [0, 0.05) is 15.8 Å². The first kappa shape index (κ1) is 13.5. The van der Waals surface area contributed by atoms with Crippen LogP contribution in [0.3, 0.4) is 0 Å². The molecule has 0 heterocycles. The zero-order valence-corrected chi connectivity index (χ0v) is 10.9. The SMILES string of the molecule is C#Cc1c(F)ccc2c(Cl)ccc(C)c12.CC. The van der Waals surface area contributed by atoms with Gasteiger partial charge in [-0.05, 0) is 30.7 Å². The van der Waals surface area contributed by atoms with Crippen molar-refractivity contribution in [2.75, 3.05) is 0 Å². The topological polar surface area (TPSA) is 0 Å². The summed E-state index contributed by atoms with van der Waals surface area (Å²) in [5.74, 6) is 1.99. The molecule has 0 saturated heterocycles. The van der Waals surface area contributed by atoms with Crippen LogP contribution >= 0.6 is 11.6 Å². The van der Waals surface area contributed by atoms with E-state index in [4.69, 9.17) is 18.0 Å². The van der Waals surface area contributed by atoms with E-state index in [9.17, 15) is 4.39 Å². The van der Waals surface area contributed by atoms with Gasteiger partial charge in [0.25, 0.3) is 0 Å². The van der Waals surface area contributed by atoms with Crippen LogP contribution in [-0.2, 0) is 0 Å². The van der Waals surface area contributed by atoms with Crippen molar-refractivity contribution in [3.8, 4) is 12.3 Å². The predicted molar refractivity (Wildman–Crippen MR) is 72.9 cm³/mol. The first-order valence-electron chi connectivity index (χ1n) is 5.49. The molecule has 0 saturated carbocycles. The summed E-state index contributed by atoms with van der Waals surface area (Å²) < 4.78 is 13.4. The molecule has 0 radical (unpaired) electrons. The zero-order valence-electron chi connectivity index (χ0n) is 10.1. The number of terminal acetylenes is 1. The van der Waals surface area contributed by atoms with Crippen LogP contribution in [0.25, 0.3) is 10.8 Å². The van der Waals surface area contributed by atoms with E-state index in [0.717, 1.165) is 16.3 Å². The zero-order chi connectivity index (χ0) is 13.0. The van der Waals surface area contributed by atoms with Crippen LogP contribution < -0.4 is 0 Å². The summed E-state index contributed by atoms with van der Waals surface area (Å²) in [6.07, 6.45) is 5.30. The Balaban J connectivity index is 0.000000686. The lowest BCUT2D eigenvalue weighted by Gasteiger charge is -2.07. The summed E-state index contributed by atoms with van der Waals surface area (Å²) in [6.45, 7) is 5.89. The first-order valence-corrected chi connectivity index (χ1v) is 5.87. The highest BCUT2D eigenvalue weighted by atomic mass is 35.5. The maximum absolute atomic E-state index is 13.4. The van der Waals surface area contributed by atoms with Crippen molar-refractivity contribution >= 4 is 22.4 Å². The van der Waals surface area contributed by atoms with Crippen LogP contribution in [0.1, 0.15) is 25.0 Å². The Morgan fingerprint density at radius 3 is 2.41 bits per heavy atom. The molecule has 88 valence electrons. The second kappa shape index (κ2) is 5.70. The largest absolute Gasteiger partial charge is 0.206 e. The lowest BCUT2D eigenvalue weighted by molar-refractivity contribution is 0.626. The lowest BCUT2D eigenvalue weighted by Crippen LogP contribution is -1.89. The minimum Gasteiger partial charge on any atom is -0.206 e. The Labute approximate surface area is 106 Å². The fourth-order valence-electron chi connectivity index (χ4n) is 1.70. The lowest BCUT2D eigenvalue weighted by atomic mass is 10.00. The maximum Gasteiger partial charge on any atom is 0.139 e. The highest BCUT2D eigenvalue weighted by Gasteiger charge is 2.09. The molecule has 0 fully saturated rings. The van der Waals surface area contributed by atoms with Gasteiger partial charge in [-0.1, -0.05) is 37.4 Å². The van der Waals surface area contributed by atoms with Crippen molar-refractivity contribution in [3.63, 3.8) is 0 Å². The summed E-state index contributed by atoms with van der Waals surface area (Å²) in [5.41, 5.74) is 1.22. The van der Waals surface area contributed by atoms with Crippen LogP contribution in [0, 0.1) is 25.1 Å². The van der Waals surface area contributed by atoms with Gasteiger partial charge in [0.15, 0.2) is 0 Å². The number of fused-ring (bicyclic) bond motifs is 1. The van der Waals surface area contributed by atoms with Crippen LogP contribution in [0.5, 0.6) is 0 Å². The fraction of sp³-hybridized carbons (Fsp3) is 0.200. The van der Waals surface area contributed by atoms with E-state index in [1.54, 1.807) is 12.1 Å². The van der Waals surface area contributed by atoms with Crippen LogP contribution in [-0.4, -0.2) is 0 Å². The van der Waals surface area contributed by atoms with Gasteiger partial charge in [0.05, 0.1) is 5.56 Å². The highest BCUT2D eigenvalue weighted by Crippen LogP contribution is 2.30. The van der Waals surface area contributed by atoms with Gasteiger partial charge in [-0.15, -0.1) is 6.42 Å². The van der Waals surface area contributed by atoms with Crippen LogP contribution in [0.4, 0.5) is 4.39 Å². The number of benzene rings is 2. The minimum absolute atomic E-state index is 0.285. The quantitative estimate of drug-likeness (QED) is 0.579. The van der Waals surface area contributed by atoms with Crippen molar-refractivity contribution < 1.29 is 4.39 Å². The number of halogens is 2. The van der Waals surface area contributed by atoms with Crippen molar-refractivity contribution in [2.45, 2.75) is 20.8 Å². The average molecular weight is 249 g/mol. The predicted octanol–water partition coefficient (Wildman–Crippen LogP) is 4.95. The molecule has 2 heteroatoms. The van der Waals surface area contributed by atoms with Gasteiger partial charge in [-0.3, -0.25) is 0 Å². The van der Waals surface area contributed by atoms with E-state index < -0.39 is 0 Å². The molecule has 0 atom stereocenters. The molecule has 0 aliphatic heterocycles. The summed E-state index contributed by atoms with van der Waals surface area (Å²) in [7, 11) is 0. The molecule has 0 unspecified atom stereocenters. The summed E-state index contributed by atoms with van der Waals surface area (Å²) in [4.78, 5) is 0. The monoisotopic (exact) mass is 248 g/mol. The van der Waals surface area contributed by atoms with Crippen LogP contribution in [0.15, 0.2) is 24.3 Å². The smallest absolute Gasteiger partial charge is 0.139 e. The van der Waals surface area contributed by atoms with Crippen molar-refractivity contribution in [1.29, 1.82) is 0 Å². The van der Waals surface area contributed by atoms with Gasteiger partial charge in [0.2, 0.25) is 0 Å². The molecule has 0 aliphatic rings. The summed E-state index contributed by atoms with van der Waals surface area (Å²) in [6, 6.07) is 6.63. The third-order valence-electron chi connectivity index (χ3n) is 2.43. The molecule has 0 spiro atoms. The van der Waals surface area contributed by atoms with Gasteiger partial charge < -0.3 is 0 Å². The Morgan fingerprint density at radius 2 is 1.82 bits per heavy atom. The number of rotatable bonds is 0. The van der Waals surface area contributed by atoms with Gasteiger partial charge >= 0.3 is 0 Å². The van der Waals surface area contributed by atoms with E-state index in [2.05, 4.69) is 5.92 Å². The summed E-state index contributed by atoms with van der Waals surface area (Å²) in [5, 5.41) is 2.11.